The van der Waals surface area contributed by atoms with Crippen molar-refractivity contribution in [1.82, 2.24) is 0 Å². The van der Waals surface area contributed by atoms with Crippen LogP contribution in [0.4, 0.5) is 5.69 Å². The van der Waals surface area contributed by atoms with Gasteiger partial charge in [-0.05, 0) is 43.5 Å². The lowest BCUT2D eigenvalue weighted by Crippen LogP contribution is -2.11. The molecule has 0 atom stereocenters. The zero-order valence-corrected chi connectivity index (χ0v) is 16.5. The number of phenolic OH excluding ortho intramolecular Hbond substituents is 1. The maximum Gasteiger partial charge on any atom is 0.224 e. The molecule has 1 aromatic rings. The SMILES string of the molecule is CCCCCCCCCCCCCC(=O)Nc1cc(C)c(O)c(C)c1. The molecule has 1 aromatic carbocycles. The predicted octanol–water partition coefficient (Wildman–Crippen LogP) is 6.65. The van der Waals surface area contributed by atoms with E-state index in [4.69, 9.17) is 0 Å². The third kappa shape index (κ3) is 9.52. The third-order valence-electron chi connectivity index (χ3n) is 4.78. The van der Waals surface area contributed by atoms with Crippen LogP contribution in [-0.2, 0) is 4.79 Å². The van der Waals surface area contributed by atoms with Gasteiger partial charge in [-0.3, -0.25) is 4.79 Å². The van der Waals surface area contributed by atoms with Crippen molar-refractivity contribution >= 4 is 11.6 Å². The number of unbranched alkanes of at least 4 members (excludes halogenated alkanes) is 10. The third-order valence-corrected chi connectivity index (χ3v) is 4.78. The highest BCUT2D eigenvalue weighted by Gasteiger charge is 2.06. The van der Waals surface area contributed by atoms with Crippen LogP contribution in [0.5, 0.6) is 5.75 Å². The average Bonchev–Trinajstić information content (AvgIpc) is 2.57. The quantitative estimate of drug-likeness (QED) is 0.310. The summed E-state index contributed by atoms with van der Waals surface area (Å²) < 4.78 is 0. The Kier molecular flexibility index (Phi) is 11.0. The lowest BCUT2D eigenvalue weighted by molar-refractivity contribution is -0.116. The van der Waals surface area contributed by atoms with E-state index in [-0.39, 0.29) is 5.91 Å². The first-order chi connectivity index (χ1) is 12.0. The summed E-state index contributed by atoms with van der Waals surface area (Å²) in [6.45, 7) is 5.96. The molecule has 0 spiro atoms. The average molecular weight is 348 g/mol. The number of amides is 1. The van der Waals surface area contributed by atoms with Gasteiger partial charge in [0.1, 0.15) is 5.75 Å². The van der Waals surface area contributed by atoms with Crippen LogP contribution in [0.25, 0.3) is 0 Å². The fraction of sp³-hybridized carbons (Fsp3) is 0.682. The molecule has 0 aliphatic carbocycles. The van der Waals surface area contributed by atoms with Crippen molar-refractivity contribution in [3.63, 3.8) is 0 Å². The summed E-state index contributed by atoms with van der Waals surface area (Å²) in [6.07, 6.45) is 14.8. The molecule has 0 heterocycles. The van der Waals surface area contributed by atoms with Crippen LogP contribution in [0, 0.1) is 13.8 Å². The summed E-state index contributed by atoms with van der Waals surface area (Å²) in [5, 5.41) is 12.7. The van der Waals surface area contributed by atoms with Crippen molar-refractivity contribution in [3.8, 4) is 5.75 Å². The highest BCUT2D eigenvalue weighted by Crippen LogP contribution is 2.25. The van der Waals surface area contributed by atoms with Crippen molar-refractivity contribution in [3.05, 3.63) is 23.3 Å². The van der Waals surface area contributed by atoms with Crippen LogP contribution in [-0.4, -0.2) is 11.0 Å². The van der Waals surface area contributed by atoms with Gasteiger partial charge in [0.2, 0.25) is 5.91 Å². The van der Waals surface area contributed by atoms with E-state index < -0.39 is 0 Å². The molecule has 1 rings (SSSR count). The second kappa shape index (κ2) is 12.8. The van der Waals surface area contributed by atoms with Crippen molar-refractivity contribution < 1.29 is 9.90 Å². The topological polar surface area (TPSA) is 49.3 Å². The van der Waals surface area contributed by atoms with Gasteiger partial charge < -0.3 is 10.4 Å². The van der Waals surface area contributed by atoms with Crippen LogP contribution in [0.3, 0.4) is 0 Å². The van der Waals surface area contributed by atoms with Crippen LogP contribution in [0.2, 0.25) is 0 Å². The number of hydrogen-bond acceptors (Lipinski definition) is 2. The molecule has 3 nitrogen and oxygen atoms in total. The van der Waals surface area contributed by atoms with E-state index in [1.165, 1.54) is 57.8 Å². The Labute approximate surface area is 154 Å². The molecular formula is C22H37NO2. The normalized spacial score (nSPS) is 10.8. The van der Waals surface area contributed by atoms with Crippen LogP contribution < -0.4 is 5.32 Å². The molecule has 3 heteroatoms. The highest BCUT2D eigenvalue weighted by molar-refractivity contribution is 5.91. The molecule has 2 N–H and O–H groups in total. The zero-order valence-electron chi connectivity index (χ0n) is 16.5. The molecular weight excluding hydrogens is 310 g/mol. The van der Waals surface area contributed by atoms with Gasteiger partial charge in [-0.25, -0.2) is 0 Å². The predicted molar refractivity (Wildman–Crippen MR) is 107 cm³/mol. The minimum absolute atomic E-state index is 0.0698. The minimum Gasteiger partial charge on any atom is -0.507 e. The van der Waals surface area contributed by atoms with Gasteiger partial charge in [0.25, 0.3) is 0 Å². The minimum atomic E-state index is 0.0698. The molecule has 25 heavy (non-hydrogen) atoms. The molecule has 0 unspecified atom stereocenters. The number of nitrogens with one attached hydrogen (secondary N) is 1. The first kappa shape index (κ1) is 21.5. The number of carbonyl (C=O) groups excluding carboxylic acids is 1. The van der Waals surface area contributed by atoms with Gasteiger partial charge in [-0.1, -0.05) is 71.1 Å². The molecule has 0 bridgehead atoms. The maximum absolute atomic E-state index is 12.0. The van der Waals surface area contributed by atoms with E-state index in [0.29, 0.717) is 12.2 Å². The highest BCUT2D eigenvalue weighted by atomic mass is 16.3. The molecule has 0 saturated carbocycles. The molecule has 142 valence electrons. The summed E-state index contributed by atoms with van der Waals surface area (Å²) in [5.41, 5.74) is 2.37. The number of hydrogen-bond donors (Lipinski definition) is 2. The number of phenols is 1. The van der Waals surface area contributed by atoms with E-state index in [0.717, 1.165) is 29.7 Å². The van der Waals surface area contributed by atoms with Gasteiger partial charge in [-0.15, -0.1) is 0 Å². The Morgan fingerprint density at radius 1 is 0.840 bits per heavy atom. The summed E-state index contributed by atoms with van der Waals surface area (Å²) in [4.78, 5) is 12.0. The van der Waals surface area contributed by atoms with E-state index in [1.807, 2.05) is 26.0 Å². The Hall–Kier alpha value is -1.51. The fourth-order valence-electron chi connectivity index (χ4n) is 3.20. The zero-order chi connectivity index (χ0) is 18.5. The molecule has 0 saturated heterocycles. The summed E-state index contributed by atoms with van der Waals surface area (Å²) >= 11 is 0. The van der Waals surface area contributed by atoms with Crippen LogP contribution >= 0.6 is 0 Å². The van der Waals surface area contributed by atoms with E-state index >= 15 is 0 Å². The first-order valence-corrected chi connectivity index (χ1v) is 10.1. The number of aryl methyl sites for hydroxylation is 2. The first-order valence-electron chi connectivity index (χ1n) is 10.1. The van der Waals surface area contributed by atoms with Gasteiger partial charge in [0.15, 0.2) is 0 Å². The summed E-state index contributed by atoms with van der Waals surface area (Å²) in [6, 6.07) is 3.64. The molecule has 0 aromatic heterocycles. The lowest BCUT2D eigenvalue weighted by atomic mass is 10.1. The maximum atomic E-state index is 12.0. The van der Waals surface area contributed by atoms with Crippen molar-refractivity contribution in [2.75, 3.05) is 5.32 Å². The number of aromatic hydroxyl groups is 1. The Morgan fingerprint density at radius 2 is 1.28 bits per heavy atom. The molecule has 1 amide bonds. The Balaban J connectivity index is 2.04. The second-order valence-corrected chi connectivity index (χ2v) is 7.29. The summed E-state index contributed by atoms with van der Waals surface area (Å²) in [7, 11) is 0. The number of anilines is 1. The molecule has 0 aliphatic rings. The van der Waals surface area contributed by atoms with Gasteiger partial charge >= 0.3 is 0 Å². The van der Waals surface area contributed by atoms with Gasteiger partial charge in [0, 0.05) is 12.1 Å². The number of rotatable bonds is 13. The van der Waals surface area contributed by atoms with E-state index in [9.17, 15) is 9.90 Å². The lowest BCUT2D eigenvalue weighted by Gasteiger charge is -2.09. The van der Waals surface area contributed by atoms with Crippen molar-refractivity contribution in [1.29, 1.82) is 0 Å². The van der Waals surface area contributed by atoms with Gasteiger partial charge in [0.05, 0.1) is 0 Å². The molecule has 0 aliphatic heterocycles. The summed E-state index contributed by atoms with van der Waals surface area (Å²) in [5.74, 6) is 0.378. The Morgan fingerprint density at radius 3 is 1.76 bits per heavy atom. The number of carbonyl (C=O) groups is 1. The van der Waals surface area contributed by atoms with Crippen molar-refractivity contribution in [2.45, 2.75) is 97.8 Å². The van der Waals surface area contributed by atoms with Crippen LogP contribution in [0.15, 0.2) is 12.1 Å². The smallest absolute Gasteiger partial charge is 0.224 e. The standard InChI is InChI=1S/C22H37NO2/c1-4-5-6-7-8-9-10-11-12-13-14-15-21(24)23-20-16-18(2)22(25)19(3)17-20/h16-17,25H,4-15H2,1-3H3,(H,23,24). The van der Waals surface area contributed by atoms with Crippen molar-refractivity contribution in [2.24, 2.45) is 0 Å². The van der Waals surface area contributed by atoms with E-state index in [2.05, 4.69) is 12.2 Å². The molecule has 0 fully saturated rings. The molecule has 0 radical (unpaired) electrons. The van der Waals surface area contributed by atoms with Crippen LogP contribution in [0.1, 0.15) is 95.1 Å². The van der Waals surface area contributed by atoms with E-state index in [1.54, 1.807) is 0 Å². The fourth-order valence-corrected chi connectivity index (χ4v) is 3.20. The largest absolute Gasteiger partial charge is 0.507 e. The second-order valence-electron chi connectivity index (χ2n) is 7.29. The monoisotopic (exact) mass is 347 g/mol. The van der Waals surface area contributed by atoms with Gasteiger partial charge in [-0.2, -0.15) is 0 Å². The Bertz CT molecular complexity index is 488. The number of benzene rings is 1.